The quantitative estimate of drug-likeness (QED) is 0.847. The maximum absolute atomic E-state index is 11.4. The molecule has 0 aliphatic carbocycles. The fourth-order valence-corrected chi connectivity index (χ4v) is 2.89. The van der Waals surface area contributed by atoms with Crippen molar-refractivity contribution >= 4 is 18.4 Å². The van der Waals surface area contributed by atoms with Crippen molar-refractivity contribution < 1.29 is 9.53 Å². The SMILES string of the molecule is COC(=O)c1ccc(CN(C)CC2(C)CCNC2)cc1.Cl. The predicted molar refractivity (Wildman–Crippen MR) is 87.0 cm³/mol. The van der Waals surface area contributed by atoms with Gasteiger partial charge in [-0.05, 0) is 43.1 Å². The molecular formula is C16H25ClN2O2. The van der Waals surface area contributed by atoms with Crippen molar-refractivity contribution in [2.24, 2.45) is 5.41 Å². The van der Waals surface area contributed by atoms with Crippen molar-refractivity contribution in [2.45, 2.75) is 19.9 Å². The van der Waals surface area contributed by atoms with Gasteiger partial charge in [0.1, 0.15) is 0 Å². The van der Waals surface area contributed by atoms with Gasteiger partial charge in [0.25, 0.3) is 0 Å². The van der Waals surface area contributed by atoms with Gasteiger partial charge in [-0.15, -0.1) is 12.4 Å². The normalized spacial score (nSPS) is 21.1. The standard InChI is InChI=1S/C16H24N2O2.ClH/c1-16(8-9-17-11-16)12-18(2)10-13-4-6-14(7-5-13)15(19)20-3;/h4-7,17H,8-12H2,1-3H3;1H. The lowest BCUT2D eigenvalue weighted by molar-refractivity contribution is 0.0600. The van der Waals surface area contributed by atoms with E-state index in [0.717, 1.165) is 26.2 Å². The first-order valence-corrected chi connectivity index (χ1v) is 7.09. The van der Waals surface area contributed by atoms with Crippen molar-refractivity contribution in [3.05, 3.63) is 35.4 Å². The zero-order valence-electron chi connectivity index (χ0n) is 13.0. The van der Waals surface area contributed by atoms with Crippen molar-refractivity contribution in [1.29, 1.82) is 0 Å². The van der Waals surface area contributed by atoms with Crippen LogP contribution in [-0.2, 0) is 11.3 Å². The summed E-state index contributed by atoms with van der Waals surface area (Å²) < 4.78 is 4.70. The number of esters is 1. The Labute approximate surface area is 133 Å². The fourth-order valence-electron chi connectivity index (χ4n) is 2.89. The van der Waals surface area contributed by atoms with Crippen LogP contribution in [0.25, 0.3) is 0 Å². The summed E-state index contributed by atoms with van der Waals surface area (Å²) in [5.41, 5.74) is 2.20. The van der Waals surface area contributed by atoms with Gasteiger partial charge in [0, 0.05) is 19.6 Å². The average Bonchev–Trinajstić information content (AvgIpc) is 2.84. The lowest BCUT2D eigenvalue weighted by atomic mass is 9.89. The number of methoxy groups -OCH3 is 1. The predicted octanol–water partition coefficient (Wildman–Crippen LogP) is 2.33. The summed E-state index contributed by atoms with van der Waals surface area (Å²) in [5, 5.41) is 3.43. The number of carbonyl (C=O) groups excluding carboxylic acids is 1. The molecule has 0 saturated carbocycles. The molecule has 1 unspecified atom stereocenters. The number of carbonyl (C=O) groups is 1. The summed E-state index contributed by atoms with van der Waals surface area (Å²) in [6, 6.07) is 7.65. The van der Waals surface area contributed by atoms with Crippen molar-refractivity contribution in [3.63, 3.8) is 0 Å². The molecule has 4 nitrogen and oxygen atoms in total. The molecule has 1 saturated heterocycles. The Balaban J connectivity index is 0.00000220. The molecule has 1 heterocycles. The zero-order valence-corrected chi connectivity index (χ0v) is 13.8. The zero-order chi connectivity index (χ0) is 14.6. The molecule has 1 aliphatic rings. The van der Waals surface area contributed by atoms with Crippen LogP contribution in [0.2, 0.25) is 0 Å². The number of rotatable bonds is 5. The average molecular weight is 313 g/mol. The van der Waals surface area contributed by atoms with Crippen LogP contribution in [0.4, 0.5) is 0 Å². The van der Waals surface area contributed by atoms with E-state index >= 15 is 0 Å². The van der Waals surface area contributed by atoms with Crippen molar-refractivity contribution in [3.8, 4) is 0 Å². The molecule has 2 rings (SSSR count). The number of hydrogen-bond donors (Lipinski definition) is 1. The Morgan fingerprint density at radius 1 is 1.38 bits per heavy atom. The van der Waals surface area contributed by atoms with E-state index in [0.29, 0.717) is 11.0 Å². The first-order valence-electron chi connectivity index (χ1n) is 7.09. The molecule has 118 valence electrons. The number of hydrogen-bond acceptors (Lipinski definition) is 4. The summed E-state index contributed by atoms with van der Waals surface area (Å²) in [7, 11) is 3.55. The highest BCUT2D eigenvalue weighted by Crippen LogP contribution is 2.25. The smallest absolute Gasteiger partial charge is 0.337 e. The lowest BCUT2D eigenvalue weighted by Gasteiger charge is -2.29. The van der Waals surface area contributed by atoms with Crippen LogP contribution in [0.5, 0.6) is 0 Å². The van der Waals surface area contributed by atoms with Crippen LogP contribution in [-0.4, -0.2) is 44.7 Å². The van der Waals surface area contributed by atoms with Crippen molar-refractivity contribution in [1.82, 2.24) is 10.2 Å². The van der Waals surface area contributed by atoms with Gasteiger partial charge < -0.3 is 15.0 Å². The first-order chi connectivity index (χ1) is 9.52. The van der Waals surface area contributed by atoms with Gasteiger partial charge in [-0.2, -0.15) is 0 Å². The molecule has 0 radical (unpaired) electrons. The molecule has 5 heteroatoms. The van der Waals surface area contributed by atoms with E-state index in [-0.39, 0.29) is 18.4 Å². The van der Waals surface area contributed by atoms with E-state index in [1.54, 1.807) is 0 Å². The number of ether oxygens (including phenoxy) is 1. The molecule has 1 aromatic carbocycles. The number of nitrogens with one attached hydrogen (secondary N) is 1. The summed E-state index contributed by atoms with van der Waals surface area (Å²) in [4.78, 5) is 13.7. The second-order valence-corrected chi connectivity index (χ2v) is 6.10. The molecule has 1 aliphatic heterocycles. The van der Waals surface area contributed by atoms with E-state index in [1.165, 1.54) is 19.1 Å². The van der Waals surface area contributed by atoms with Gasteiger partial charge in [-0.25, -0.2) is 4.79 Å². The van der Waals surface area contributed by atoms with E-state index in [1.807, 2.05) is 24.3 Å². The Bertz CT molecular complexity index is 456. The fraction of sp³-hybridized carbons (Fsp3) is 0.562. The van der Waals surface area contributed by atoms with Crippen LogP contribution in [0.3, 0.4) is 0 Å². The first kappa shape index (κ1) is 18.0. The monoisotopic (exact) mass is 312 g/mol. The maximum Gasteiger partial charge on any atom is 0.337 e. The minimum Gasteiger partial charge on any atom is -0.465 e. The molecular weight excluding hydrogens is 288 g/mol. The number of halogens is 1. The topological polar surface area (TPSA) is 41.6 Å². The molecule has 1 aromatic rings. The van der Waals surface area contributed by atoms with Crippen molar-refractivity contribution in [2.75, 3.05) is 33.8 Å². The Morgan fingerprint density at radius 3 is 2.57 bits per heavy atom. The molecule has 1 fully saturated rings. The maximum atomic E-state index is 11.4. The molecule has 0 bridgehead atoms. The van der Waals surface area contributed by atoms with E-state index < -0.39 is 0 Å². The number of nitrogens with zero attached hydrogens (tertiary/aromatic N) is 1. The molecule has 0 aromatic heterocycles. The summed E-state index contributed by atoms with van der Waals surface area (Å²) in [6.07, 6.45) is 1.23. The Hall–Kier alpha value is -1.10. The third-order valence-electron chi connectivity index (χ3n) is 3.94. The van der Waals surface area contributed by atoms with Gasteiger partial charge in [0.05, 0.1) is 12.7 Å². The van der Waals surface area contributed by atoms with Crippen LogP contribution in [0.15, 0.2) is 24.3 Å². The van der Waals surface area contributed by atoms with Gasteiger partial charge in [0.2, 0.25) is 0 Å². The van der Waals surface area contributed by atoms with E-state index in [4.69, 9.17) is 4.74 Å². The third kappa shape index (κ3) is 4.99. The molecule has 1 atom stereocenters. The van der Waals surface area contributed by atoms with Gasteiger partial charge in [-0.3, -0.25) is 0 Å². The third-order valence-corrected chi connectivity index (χ3v) is 3.94. The Morgan fingerprint density at radius 2 is 2.05 bits per heavy atom. The second-order valence-electron chi connectivity index (χ2n) is 6.10. The highest BCUT2D eigenvalue weighted by atomic mass is 35.5. The Kier molecular flexibility index (Phi) is 6.65. The van der Waals surface area contributed by atoms with Gasteiger partial charge >= 0.3 is 5.97 Å². The highest BCUT2D eigenvalue weighted by Gasteiger charge is 2.29. The van der Waals surface area contributed by atoms with Gasteiger partial charge in [0.15, 0.2) is 0 Å². The molecule has 0 spiro atoms. The van der Waals surface area contributed by atoms with Crippen LogP contribution in [0.1, 0.15) is 29.3 Å². The minimum atomic E-state index is -0.283. The van der Waals surface area contributed by atoms with Crippen LogP contribution >= 0.6 is 12.4 Å². The number of benzene rings is 1. The largest absolute Gasteiger partial charge is 0.465 e. The molecule has 1 N–H and O–H groups in total. The summed E-state index contributed by atoms with van der Waals surface area (Å²) >= 11 is 0. The highest BCUT2D eigenvalue weighted by molar-refractivity contribution is 5.89. The van der Waals surface area contributed by atoms with Crippen LogP contribution in [0, 0.1) is 5.41 Å². The second kappa shape index (κ2) is 7.78. The van der Waals surface area contributed by atoms with Crippen LogP contribution < -0.4 is 5.32 Å². The van der Waals surface area contributed by atoms with Gasteiger partial charge in [-0.1, -0.05) is 19.1 Å². The minimum absolute atomic E-state index is 0. The lowest BCUT2D eigenvalue weighted by Crippen LogP contribution is -2.34. The molecule has 0 amide bonds. The van der Waals surface area contributed by atoms with E-state index in [9.17, 15) is 4.79 Å². The summed E-state index contributed by atoms with van der Waals surface area (Å²) in [5.74, 6) is -0.283. The van der Waals surface area contributed by atoms with E-state index in [2.05, 4.69) is 24.2 Å². The molecule has 21 heavy (non-hydrogen) atoms. The summed E-state index contributed by atoms with van der Waals surface area (Å²) in [6.45, 7) is 6.54.